The van der Waals surface area contributed by atoms with Gasteiger partial charge in [0.25, 0.3) is 0 Å². The third kappa shape index (κ3) is 11.8. The van der Waals surface area contributed by atoms with E-state index in [4.69, 9.17) is 9.47 Å². The molecule has 182 valence electrons. The molecular formula is C21H42IN5O4. The molecule has 10 heteroatoms. The van der Waals surface area contributed by atoms with Crippen LogP contribution in [0.2, 0.25) is 0 Å². The lowest BCUT2D eigenvalue weighted by Crippen LogP contribution is -2.57. The van der Waals surface area contributed by atoms with Crippen LogP contribution in [0, 0.1) is 0 Å². The van der Waals surface area contributed by atoms with Gasteiger partial charge < -0.3 is 30.3 Å². The molecule has 1 fully saturated rings. The predicted octanol–water partition coefficient (Wildman–Crippen LogP) is 2.49. The van der Waals surface area contributed by atoms with E-state index in [1.807, 2.05) is 34.6 Å². The minimum Gasteiger partial charge on any atom is -0.444 e. The normalized spacial score (nSPS) is 16.9. The van der Waals surface area contributed by atoms with E-state index in [0.29, 0.717) is 31.9 Å². The molecule has 1 atom stereocenters. The Hall–Kier alpha value is -1.30. The van der Waals surface area contributed by atoms with Crippen molar-refractivity contribution in [2.45, 2.75) is 77.5 Å². The van der Waals surface area contributed by atoms with Gasteiger partial charge >= 0.3 is 6.09 Å². The molecule has 0 bridgehead atoms. The average molecular weight is 556 g/mol. The van der Waals surface area contributed by atoms with Crippen molar-refractivity contribution >= 4 is 41.9 Å². The Kier molecular flexibility index (Phi) is 13.4. The molecule has 1 saturated heterocycles. The van der Waals surface area contributed by atoms with Gasteiger partial charge in [-0.25, -0.2) is 9.79 Å². The van der Waals surface area contributed by atoms with Crippen LogP contribution in [0.25, 0.3) is 0 Å². The van der Waals surface area contributed by atoms with E-state index in [-0.39, 0.29) is 42.5 Å². The Morgan fingerprint density at radius 3 is 2.29 bits per heavy atom. The first-order chi connectivity index (χ1) is 14.0. The molecule has 1 unspecified atom stereocenters. The fourth-order valence-electron chi connectivity index (χ4n) is 2.97. The highest BCUT2D eigenvalue weighted by atomic mass is 127. The molecule has 1 aliphatic heterocycles. The van der Waals surface area contributed by atoms with Crippen molar-refractivity contribution in [1.29, 1.82) is 0 Å². The molecule has 0 aliphatic carbocycles. The number of alkyl carbamates (subject to hydrolysis) is 1. The van der Waals surface area contributed by atoms with E-state index in [1.54, 1.807) is 14.1 Å². The van der Waals surface area contributed by atoms with Gasteiger partial charge in [0.05, 0.1) is 11.6 Å². The van der Waals surface area contributed by atoms with Gasteiger partial charge in [0.15, 0.2) is 5.96 Å². The summed E-state index contributed by atoms with van der Waals surface area (Å²) in [5.41, 5.74) is -1.06. The van der Waals surface area contributed by atoms with Crippen molar-refractivity contribution in [3.05, 3.63) is 0 Å². The molecule has 31 heavy (non-hydrogen) atoms. The van der Waals surface area contributed by atoms with E-state index in [1.165, 1.54) is 4.90 Å². The lowest BCUT2D eigenvalue weighted by molar-refractivity contribution is -0.127. The number of nitrogens with zero attached hydrogens (tertiary/aromatic N) is 2. The molecule has 1 aliphatic rings. The lowest BCUT2D eigenvalue weighted by atomic mass is 9.93. The van der Waals surface area contributed by atoms with Gasteiger partial charge in [-0.2, -0.15) is 0 Å². The van der Waals surface area contributed by atoms with Crippen LogP contribution < -0.4 is 16.0 Å². The molecule has 1 heterocycles. The second-order valence-corrected chi connectivity index (χ2v) is 8.94. The maximum absolute atomic E-state index is 12.4. The molecule has 0 radical (unpaired) electrons. The number of amides is 2. The number of likely N-dealkylation sites (N-methyl/N-ethyl adjacent to an activating group) is 1. The molecule has 0 aromatic carbocycles. The first-order valence-corrected chi connectivity index (χ1v) is 10.9. The topological polar surface area (TPSA) is 104 Å². The van der Waals surface area contributed by atoms with Crippen LogP contribution >= 0.6 is 24.0 Å². The highest BCUT2D eigenvalue weighted by Crippen LogP contribution is 2.16. The van der Waals surface area contributed by atoms with Crippen LogP contribution in [-0.4, -0.2) is 80.4 Å². The number of hydrogen-bond donors (Lipinski definition) is 3. The minimum absolute atomic E-state index is 0. The van der Waals surface area contributed by atoms with Gasteiger partial charge in [0.1, 0.15) is 12.1 Å². The van der Waals surface area contributed by atoms with Gasteiger partial charge in [-0.05, 0) is 46.5 Å². The maximum Gasteiger partial charge on any atom is 0.408 e. The van der Waals surface area contributed by atoms with Crippen molar-refractivity contribution < 1.29 is 19.1 Å². The molecule has 0 aromatic heterocycles. The quantitative estimate of drug-likeness (QED) is 0.230. The van der Waals surface area contributed by atoms with E-state index in [0.717, 1.165) is 19.4 Å². The fraction of sp³-hybridized carbons (Fsp3) is 0.857. The van der Waals surface area contributed by atoms with Crippen LogP contribution in [0.5, 0.6) is 0 Å². The van der Waals surface area contributed by atoms with E-state index in [9.17, 15) is 9.59 Å². The van der Waals surface area contributed by atoms with Crippen molar-refractivity contribution in [2.75, 3.05) is 40.3 Å². The highest BCUT2D eigenvalue weighted by molar-refractivity contribution is 14.0. The predicted molar refractivity (Wildman–Crippen MR) is 134 cm³/mol. The zero-order valence-electron chi connectivity index (χ0n) is 20.2. The van der Waals surface area contributed by atoms with Gasteiger partial charge in [-0.3, -0.25) is 4.79 Å². The molecule has 1 rings (SSSR count). The fourth-order valence-corrected chi connectivity index (χ4v) is 2.97. The third-order valence-corrected chi connectivity index (χ3v) is 5.11. The number of nitrogens with one attached hydrogen (secondary N) is 3. The van der Waals surface area contributed by atoms with E-state index < -0.39 is 17.2 Å². The first kappa shape index (κ1) is 29.7. The van der Waals surface area contributed by atoms with Crippen molar-refractivity contribution in [3.63, 3.8) is 0 Å². The van der Waals surface area contributed by atoms with Crippen LogP contribution in [0.1, 0.15) is 60.3 Å². The van der Waals surface area contributed by atoms with Gasteiger partial charge in [-0.15, -0.1) is 24.0 Å². The summed E-state index contributed by atoms with van der Waals surface area (Å²) in [5, 5.41) is 9.57. The number of hydrogen-bond acceptors (Lipinski definition) is 5. The SMILES string of the molecule is CCC(CC)(CNC(=NCC(=O)N(C)C)NCC1CCCO1)NC(=O)OC(C)(C)C.I. The second kappa shape index (κ2) is 14.0. The van der Waals surface area contributed by atoms with Crippen LogP contribution in [0.15, 0.2) is 4.99 Å². The number of carbonyl (C=O) groups excluding carboxylic acids is 2. The molecular weight excluding hydrogens is 513 g/mol. The third-order valence-electron chi connectivity index (χ3n) is 5.11. The molecule has 3 N–H and O–H groups in total. The van der Waals surface area contributed by atoms with Crippen LogP contribution in [0.4, 0.5) is 4.79 Å². The van der Waals surface area contributed by atoms with Gasteiger partial charge in [0.2, 0.25) is 5.91 Å². The van der Waals surface area contributed by atoms with Crippen LogP contribution in [-0.2, 0) is 14.3 Å². The second-order valence-electron chi connectivity index (χ2n) is 8.94. The first-order valence-electron chi connectivity index (χ1n) is 10.9. The standard InChI is InChI=1S/C21H41N5O4.HI/c1-8-21(9-2,25-19(28)30-20(3,4)5)15-24-18(23-14-17(27)26(6)7)22-13-16-11-10-12-29-16;/h16H,8-15H2,1-7H3,(H,25,28)(H2,22,23,24);1H. The summed E-state index contributed by atoms with van der Waals surface area (Å²) in [5.74, 6) is 0.440. The number of ether oxygens (including phenoxy) is 2. The average Bonchev–Trinajstić information content (AvgIpc) is 3.18. The smallest absolute Gasteiger partial charge is 0.408 e. The van der Waals surface area contributed by atoms with E-state index in [2.05, 4.69) is 20.9 Å². The molecule has 0 spiro atoms. The molecule has 9 nitrogen and oxygen atoms in total. The zero-order chi connectivity index (χ0) is 22.8. The Balaban J connectivity index is 0.00000900. The molecule has 0 aromatic rings. The van der Waals surface area contributed by atoms with Crippen molar-refractivity contribution in [1.82, 2.24) is 20.9 Å². The van der Waals surface area contributed by atoms with Crippen LogP contribution in [0.3, 0.4) is 0 Å². The number of carbonyl (C=O) groups is 2. The van der Waals surface area contributed by atoms with Crippen molar-refractivity contribution in [2.24, 2.45) is 4.99 Å². The summed E-state index contributed by atoms with van der Waals surface area (Å²) in [6.45, 7) is 11.4. The van der Waals surface area contributed by atoms with Crippen molar-refractivity contribution in [3.8, 4) is 0 Å². The summed E-state index contributed by atoms with van der Waals surface area (Å²) in [6.07, 6.45) is 3.19. The Labute approximate surface area is 204 Å². The maximum atomic E-state index is 12.4. The van der Waals surface area contributed by atoms with E-state index >= 15 is 0 Å². The van der Waals surface area contributed by atoms with Gasteiger partial charge in [-0.1, -0.05) is 13.8 Å². The number of aliphatic imine (C=N–C) groups is 1. The summed E-state index contributed by atoms with van der Waals surface area (Å²) in [6, 6.07) is 0. The number of guanidine groups is 1. The Morgan fingerprint density at radius 1 is 1.16 bits per heavy atom. The molecule has 0 saturated carbocycles. The summed E-state index contributed by atoms with van der Waals surface area (Å²) in [7, 11) is 3.41. The number of rotatable bonds is 9. The Bertz CT molecular complexity index is 583. The Morgan fingerprint density at radius 2 is 1.81 bits per heavy atom. The highest BCUT2D eigenvalue weighted by Gasteiger charge is 2.31. The lowest BCUT2D eigenvalue weighted by Gasteiger charge is -2.34. The largest absolute Gasteiger partial charge is 0.444 e. The number of halogens is 1. The zero-order valence-corrected chi connectivity index (χ0v) is 22.5. The summed E-state index contributed by atoms with van der Waals surface area (Å²) < 4.78 is 11.1. The van der Waals surface area contributed by atoms with Gasteiger partial charge in [0, 0.05) is 33.8 Å². The summed E-state index contributed by atoms with van der Waals surface area (Å²) >= 11 is 0. The minimum atomic E-state index is -0.563. The summed E-state index contributed by atoms with van der Waals surface area (Å²) in [4.78, 5) is 30.2. The molecule has 2 amide bonds. The monoisotopic (exact) mass is 555 g/mol.